The maximum atomic E-state index is 6.55. The fourth-order valence-corrected chi connectivity index (χ4v) is 10.2. The Bertz CT molecular complexity index is 3660. The SMILES string of the molecule is C=C/C=C\c1c(C)sc2c(-c3nc(-c4ccccc4)nc(-c4cccc5c4oc4ccccc45)n3)cc(-n3c4ccc5ccccc5c4c4c5ccccc5ccc43)cc12. The quantitative estimate of drug-likeness (QED) is 0.158. The average Bonchev–Trinajstić information content (AvgIpc) is 3.97. The minimum Gasteiger partial charge on any atom is -0.455 e. The number of fused-ring (bicyclic) bond motifs is 11. The van der Waals surface area contributed by atoms with Crippen LogP contribution in [-0.2, 0) is 0 Å². The van der Waals surface area contributed by atoms with Gasteiger partial charge in [-0.1, -0.05) is 146 Å². The summed E-state index contributed by atoms with van der Waals surface area (Å²) < 4.78 is 10.1. The van der Waals surface area contributed by atoms with Crippen LogP contribution in [0.5, 0.6) is 0 Å². The lowest BCUT2D eigenvalue weighted by Gasteiger charge is -2.14. The second-order valence-electron chi connectivity index (χ2n) is 15.2. The molecule has 0 aliphatic heterocycles. The first-order chi connectivity index (χ1) is 29.6. The van der Waals surface area contributed by atoms with Crippen LogP contribution < -0.4 is 0 Å². The molecule has 4 aromatic heterocycles. The van der Waals surface area contributed by atoms with E-state index in [4.69, 9.17) is 19.4 Å². The van der Waals surface area contributed by atoms with E-state index in [9.17, 15) is 0 Å². The van der Waals surface area contributed by atoms with E-state index in [-0.39, 0.29) is 0 Å². The lowest BCUT2D eigenvalue weighted by molar-refractivity contribution is 0.669. The Morgan fingerprint density at radius 3 is 1.90 bits per heavy atom. The standard InChI is InChI=1S/C54H34N4OS/c1-3-4-19-37-32(2)60-51-43(37)30-36(58-45-28-26-33-15-8-10-20-38(33)48(45)49-39-21-11-9-16-34(39)27-29-46(49)58)31-44(51)54-56-52(35-17-6-5-7-18-35)55-53(57-54)42-24-14-23-41-40-22-12-13-25-47(40)59-50(41)42/h3-31H,1H2,2H3/b19-4-. The van der Waals surface area contributed by atoms with Crippen molar-refractivity contribution in [3.05, 3.63) is 187 Å². The molecule has 0 aliphatic rings. The van der Waals surface area contributed by atoms with Gasteiger partial charge in [0.1, 0.15) is 11.2 Å². The predicted octanol–water partition coefficient (Wildman–Crippen LogP) is 14.9. The van der Waals surface area contributed by atoms with E-state index in [0.717, 1.165) is 71.0 Å². The van der Waals surface area contributed by atoms with Crippen LogP contribution in [0.1, 0.15) is 10.4 Å². The molecule has 0 saturated heterocycles. The van der Waals surface area contributed by atoms with E-state index in [1.165, 1.54) is 37.2 Å². The molecule has 0 atom stereocenters. The number of benzene rings is 8. The van der Waals surface area contributed by atoms with Crippen molar-refractivity contribution in [2.45, 2.75) is 6.92 Å². The van der Waals surface area contributed by atoms with Crippen LogP contribution in [0.15, 0.2) is 181 Å². The van der Waals surface area contributed by atoms with Crippen molar-refractivity contribution in [1.29, 1.82) is 0 Å². The number of aromatic nitrogens is 4. The van der Waals surface area contributed by atoms with Crippen LogP contribution in [0.2, 0.25) is 0 Å². The first-order valence-corrected chi connectivity index (χ1v) is 20.9. The molecule has 6 heteroatoms. The molecule has 0 unspecified atom stereocenters. The third-order valence-electron chi connectivity index (χ3n) is 11.8. The van der Waals surface area contributed by atoms with Crippen molar-refractivity contribution in [1.82, 2.24) is 19.5 Å². The summed E-state index contributed by atoms with van der Waals surface area (Å²) in [5, 5.41) is 10.6. The third-order valence-corrected chi connectivity index (χ3v) is 12.9. The Balaban J connectivity index is 1.20. The van der Waals surface area contributed by atoms with Gasteiger partial charge in [-0.05, 0) is 70.4 Å². The van der Waals surface area contributed by atoms with E-state index in [0.29, 0.717) is 17.5 Å². The van der Waals surface area contributed by atoms with Gasteiger partial charge in [-0.15, -0.1) is 11.3 Å². The Morgan fingerprint density at radius 1 is 0.567 bits per heavy atom. The predicted molar refractivity (Wildman–Crippen MR) is 252 cm³/mol. The molecule has 12 aromatic rings. The molecule has 8 aromatic carbocycles. The molecule has 0 amide bonds. The van der Waals surface area contributed by atoms with E-state index in [1.807, 2.05) is 54.6 Å². The molecule has 0 spiro atoms. The molecule has 282 valence electrons. The number of rotatable bonds is 6. The molecule has 5 nitrogen and oxygen atoms in total. The Labute approximate surface area is 348 Å². The number of thiophene rings is 1. The molecule has 0 bridgehead atoms. The van der Waals surface area contributed by atoms with Gasteiger partial charge in [0.25, 0.3) is 0 Å². The monoisotopic (exact) mass is 786 g/mol. The summed E-state index contributed by atoms with van der Waals surface area (Å²) in [4.78, 5) is 17.1. The second-order valence-corrected chi connectivity index (χ2v) is 16.4. The van der Waals surface area contributed by atoms with Crippen LogP contribution in [0.4, 0.5) is 0 Å². The molecular weight excluding hydrogens is 753 g/mol. The summed E-state index contributed by atoms with van der Waals surface area (Å²) >= 11 is 1.76. The number of furan rings is 1. The van der Waals surface area contributed by atoms with Gasteiger partial charge in [-0.3, -0.25) is 0 Å². The summed E-state index contributed by atoms with van der Waals surface area (Å²) in [6.45, 7) is 6.19. The van der Waals surface area contributed by atoms with Gasteiger partial charge in [0.2, 0.25) is 0 Å². The topological polar surface area (TPSA) is 56.7 Å². The summed E-state index contributed by atoms with van der Waals surface area (Å²) in [5.74, 6) is 1.74. The molecule has 0 aliphatic carbocycles. The fraction of sp³-hybridized carbons (Fsp3) is 0.0185. The maximum Gasteiger partial charge on any atom is 0.167 e. The normalized spacial score (nSPS) is 12.1. The largest absolute Gasteiger partial charge is 0.455 e. The van der Waals surface area contributed by atoms with E-state index in [2.05, 4.69) is 139 Å². The van der Waals surface area contributed by atoms with Crippen LogP contribution in [-0.4, -0.2) is 19.5 Å². The zero-order chi connectivity index (χ0) is 39.9. The Hall–Kier alpha value is -7.67. The average molecular weight is 787 g/mol. The van der Waals surface area contributed by atoms with Gasteiger partial charge in [0, 0.05) is 53.3 Å². The van der Waals surface area contributed by atoms with Gasteiger partial charge in [0.05, 0.1) is 16.6 Å². The van der Waals surface area contributed by atoms with Crippen molar-refractivity contribution in [3.63, 3.8) is 0 Å². The van der Waals surface area contributed by atoms with Crippen LogP contribution >= 0.6 is 11.3 Å². The number of hydrogen-bond donors (Lipinski definition) is 0. The Morgan fingerprint density at radius 2 is 1.18 bits per heavy atom. The Kier molecular flexibility index (Phi) is 7.71. The highest BCUT2D eigenvalue weighted by Gasteiger charge is 2.23. The summed E-state index contributed by atoms with van der Waals surface area (Å²) in [7, 11) is 0. The zero-order valence-electron chi connectivity index (χ0n) is 32.6. The van der Waals surface area contributed by atoms with Crippen molar-refractivity contribution in [2.24, 2.45) is 0 Å². The molecule has 60 heavy (non-hydrogen) atoms. The number of para-hydroxylation sites is 2. The van der Waals surface area contributed by atoms with Gasteiger partial charge in [-0.2, -0.15) is 0 Å². The van der Waals surface area contributed by atoms with E-state index in [1.54, 1.807) is 11.3 Å². The lowest BCUT2D eigenvalue weighted by Crippen LogP contribution is -2.01. The second kappa shape index (κ2) is 13.4. The molecule has 0 saturated carbocycles. The molecule has 0 radical (unpaired) electrons. The summed E-state index contributed by atoms with van der Waals surface area (Å²) in [6.07, 6.45) is 6.01. The number of nitrogens with zero attached hydrogens (tertiary/aromatic N) is 4. The highest BCUT2D eigenvalue weighted by atomic mass is 32.1. The van der Waals surface area contributed by atoms with Crippen LogP contribution in [0.25, 0.3) is 121 Å². The molecule has 12 rings (SSSR count). The fourth-order valence-electron chi connectivity index (χ4n) is 9.07. The summed E-state index contributed by atoms with van der Waals surface area (Å²) in [6, 6.07) is 55.6. The van der Waals surface area contributed by atoms with E-state index >= 15 is 0 Å². The number of hydrogen-bond acceptors (Lipinski definition) is 5. The van der Waals surface area contributed by atoms with Gasteiger partial charge in [-0.25, -0.2) is 15.0 Å². The summed E-state index contributed by atoms with van der Waals surface area (Å²) in [5.41, 5.74) is 8.69. The van der Waals surface area contributed by atoms with Crippen molar-refractivity contribution >= 4 is 92.8 Å². The minimum absolute atomic E-state index is 0.553. The van der Waals surface area contributed by atoms with Crippen molar-refractivity contribution in [2.75, 3.05) is 0 Å². The third kappa shape index (κ3) is 5.21. The molecule has 0 fully saturated rings. The molecule has 0 N–H and O–H groups in total. The van der Waals surface area contributed by atoms with Crippen LogP contribution in [0.3, 0.4) is 0 Å². The van der Waals surface area contributed by atoms with Crippen LogP contribution in [0, 0.1) is 6.92 Å². The first kappa shape index (κ1) is 34.4. The minimum atomic E-state index is 0.553. The molecular formula is C54H34N4OS. The van der Waals surface area contributed by atoms with Gasteiger partial charge >= 0.3 is 0 Å². The number of aryl methyl sites for hydroxylation is 1. The first-order valence-electron chi connectivity index (χ1n) is 20.1. The molecule has 4 heterocycles. The number of allylic oxidation sites excluding steroid dienone is 2. The van der Waals surface area contributed by atoms with Gasteiger partial charge in [0.15, 0.2) is 17.5 Å². The highest BCUT2D eigenvalue weighted by Crippen LogP contribution is 2.45. The lowest BCUT2D eigenvalue weighted by atomic mass is 10.00. The van der Waals surface area contributed by atoms with Crippen molar-refractivity contribution < 1.29 is 4.42 Å². The smallest absolute Gasteiger partial charge is 0.167 e. The van der Waals surface area contributed by atoms with Crippen molar-refractivity contribution in [3.8, 4) is 39.9 Å². The zero-order valence-corrected chi connectivity index (χ0v) is 33.4. The maximum absolute atomic E-state index is 6.55. The highest BCUT2D eigenvalue weighted by molar-refractivity contribution is 7.20. The van der Waals surface area contributed by atoms with E-state index < -0.39 is 0 Å². The van der Waals surface area contributed by atoms with Gasteiger partial charge < -0.3 is 8.98 Å².